The van der Waals surface area contributed by atoms with Crippen LogP contribution < -0.4 is 0 Å². The van der Waals surface area contributed by atoms with Gasteiger partial charge in [0.15, 0.2) is 6.29 Å². The van der Waals surface area contributed by atoms with Crippen LogP contribution in [-0.2, 0) is 4.79 Å². The lowest BCUT2D eigenvalue weighted by Gasteiger charge is -1.99. The van der Waals surface area contributed by atoms with E-state index in [-0.39, 0.29) is 24.2 Å². The molecule has 7 heteroatoms. The number of nitro groups is 2. The smallest absolute Gasteiger partial charge is 0.253 e. The Morgan fingerprint density at radius 1 is 0.852 bits per heavy atom. The molecular weight excluding hydrogens is 348 g/mol. The Bertz CT molecular complexity index is 538. The first-order valence-corrected chi connectivity index (χ1v) is 9.69. The van der Waals surface area contributed by atoms with Crippen molar-refractivity contribution >= 4 is 6.29 Å². The van der Waals surface area contributed by atoms with Gasteiger partial charge in [-0.3, -0.25) is 25.0 Å². The van der Waals surface area contributed by atoms with Crippen LogP contribution in [0.4, 0.5) is 0 Å². The van der Waals surface area contributed by atoms with E-state index in [9.17, 15) is 25.0 Å². The molecule has 0 unspecified atom stereocenters. The predicted octanol–water partition coefficient (Wildman–Crippen LogP) is 5.67. The van der Waals surface area contributed by atoms with Crippen molar-refractivity contribution in [2.75, 3.05) is 0 Å². The predicted molar refractivity (Wildman–Crippen MR) is 106 cm³/mol. The first-order valence-electron chi connectivity index (χ1n) is 9.69. The molecule has 0 amide bonds. The van der Waals surface area contributed by atoms with Crippen molar-refractivity contribution in [1.29, 1.82) is 0 Å². The molecule has 1 radical (unpaired) electrons. The molecule has 0 fully saturated rings. The molecule has 7 nitrogen and oxygen atoms in total. The molecule has 0 aromatic rings. The second kappa shape index (κ2) is 17.1. The van der Waals surface area contributed by atoms with Gasteiger partial charge < -0.3 is 0 Å². The third-order valence-electron chi connectivity index (χ3n) is 4.07. The Balaban J connectivity index is 4.42. The number of hydrogen-bond acceptors (Lipinski definition) is 5. The van der Waals surface area contributed by atoms with Crippen LogP contribution in [0.1, 0.15) is 84.0 Å². The SMILES string of the molecule is CCCCCCCC/C=C/C/C=C(/C/C(=C/CCC[C]=O)[N+](=O)[O-])[N+](=O)[O-]. The molecule has 151 valence electrons. The highest BCUT2D eigenvalue weighted by Gasteiger charge is 2.20. The lowest BCUT2D eigenvalue weighted by Crippen LogP contribution is -2.06. The summed E-state index contributed by atoms with van der Waals surface area (Å²) < 4.78 is 0. The van der Waals surface area contributed by atoms with Crippen LogP contribution in [0.25, 0.3) is 0 Å². The number of allylic oxidation sites excluding steroid dienone is 4. The van der Waals surface area contributed by atoms with Gasteiger partial charge in [-0.05, 0) is 44.3 Å². The molecule has 0 aliphatic carbocycles. The van der Waals surface area contributed by atoms with Crippen LogP contribution in [0.5, 0.6) is 0 Å². The largest absolute Gasteiger partial charge is 0.291 e. The minimum atomic E-state index is -0.601. The summed E-state index contributed by atoms with van der Waals surface area (Å²) in [6, 6.07) is 0. The molecule has 0 heterocycles. The molecule has 0 bridgehead atoms. The average Bonchev–Trinajstić information content (AvgIpc) is 2.63. The quantitative estimate of drug-likeness (QED) is 0.140. The van der Waals surface area contributed by atoms with E-state index >= 15 is 0 Å². The highest BCUT2D eigenvalue weighted by atomic mass is 16.6. The first kappa shape index (κ1) is 24.7. The van der Waals surface area contributed by atoms with Crippen LogP contribution in [0.15, 0.2) is 35.7 Å². The molecule has 27 heavy (non-hydrogen) atoms. The topological polar surface area (TPSA) is 103 Å². The van der Waals surface area contributed by atoms with E-state index in [1.165, 1.54) is 44.3 Å². The summed E-state index contributed by atoms with van der Waals surface area (Å²) in [5.74, 6) is 0. The van der Waals surface area contributed by atoms with E-state index in [2.05, 4.69) is 6.92 Å². The third kappa shape index (κ3) is 14.5. The lowest BCUT2D eigenvalue weighted by atomic mass is 10.1. The second-order valence-corrected chi connectivity index (χ2v) is 6.38. The van der Waals surface area contributed by atoms with Gasteiger partial charge in [0.2, 0.25) is 0 Å². The van der Waals surface area contributed by atoms with Crippen molar-refractivity contribution in [3.8, 4) is 0 Å². The minimum Gasteiger partial charge on any atom is -0.291 e. The number of rotatable bonds is 17. The van der Waals surface area contributed by atoms with Crippen molar-refractivity contribution < 1.29 is 14.6 Å². The average molecular weight is 379 g/mol. The van der Waals surface area contributed by atoms with E-state index in [0.717, 1.165) is 12.8 Å². The van der Waals surface area contributed by atoms with Gasteiger partial charge in [-0.2, -0.15) is 0 Å². The number of carbonyl (C=O) groups excluding carboxylic acids is 1. The van der Waals surface area contributed by atoms with Crippen molar-refractivity contribution in [1.82, 2.24) is 0 Å². The van der Waals surface area contributed by atoms with Crippen LogP contribution in [-0.4, -0.2) is 16.1 Å². The van der Waals surface area contributed by atoms with Gasteiger partial charge in [0.25, 0.3) is 11.4 Å². The second-order valence-electron chi connectivity index (χ2n) is 6.38. The van der Waals surface area contributed by atoms with E-state index in [1.807, 2.05) is 12.2 Å². The molecule has 0 saturated carbocycles. The lowest BCUT2D eigenvalue weighted by molar-refractivity contribution is -0.450. The van der Waals surface area contributed by atoms with Crippen LogP contribution in [0, 0.1) is 20.2 Å². The minimum absolute atomic E-state index is 0.177. The number of nitrogens with zero attached hydrogens (tertiary/aromatic N) is 2. The summed E-state index contributed by atoms with van der Waals surface area (Å²) in [7, 11) is 0. The molecule has 0 aliphatic heterocycles. The zero-order valence-electron chi connectivity index (χ0n) is 16.2. The first-order chi connectivity index (χ1) is 13.0. The monoisotopic (exact) mass is 379 g/mol. The van der Waals surface area contributed by atoms with Gasteiger partial charge >= 0.3 is 0 Å². The zero-order valence-corrected chi connectivity index (χ0v) is 16.2. The van der Waals surface area contributed by atoms with Gasteiger partial charge in [0.05, 0.1) is 9.85 Å². The van der Waals surface area contributed by atoms with Crippen molar-refractivity contribution in [3.05, 3.63) is 55.9 Å². The van der Waals surface area contributed by atoms with Crippen LogP contribution in [0.2, 0.25) is 0 Å². The van der Waals surface area contributed by atoms with E-state index in [1.54, 1.807) is 6.29 Å². The Morgan fingerprint density at radius 3 is 2.11 bits per heavy atom. The fraction of sp³-hybridized carbons (Fsp3) is 0.650. The summed E-state index contributed by atoms with van der Waals surface area (Å²) >= 11 is 0. The summed E-state index contributed by atoms with van der Waals surface area (Å²) in [6.07, 6.45) is 17.7. The van der Waals surface area contributed by atoms with Gasteiger partial charge in [-0.25, -0.2) is 0 Å². The zero-order chi connectivity index (χ0) is 20.3. The van der Waals surface area contributed by atoms with E-state index in [0.29, 0.717) is 19.3 Å². The Hall–Kier alpha value is -2.31. The van der Waals surface area contributed by atoms with Gasteiger partial charge in [-0.1, -0.05) is 51.2 Å². The molecular formula is C20H31N2O5. The van der Waals surface area contributed by atoms with Gasteiger partial charge in [0, 0.05) is 6.42 Å². The Kier molecular flexibility index (Phi) is 15.7. The Labute approximate surface area is 161 Å². The molecule has 0 aromatic heterocycles. The summed E-state index contributed by atoms with van der Waals surface area (Å²) in [4.78, 5) is 31.2. The molecule has 0 aliphatic rings. The summed E-state index contributed by atoms with van der Waals surface area (Å²) in [5.41, 5.74) is -0.385. The maximum Gasteiger partial charge on any atom is 0.253 e. The van der Waals surface area contributed by atoms with Crippen molar-refractivity contribution in [3.63, 3.8) is 0 Å². The summed E-state index contributed by atoms with van der Waals surface area (Å²) in [5, 5.41) is 22.2. The number of unbranched alkanes of at least 4 members (excludes halogenated alkanes) is 8. The normalized spacial score (nSPS) is 12.5. The van der Waals surface area contributed by atoms with E-state index in [4.69, 9.17) is 0 Å². The molecule has 0 aromatic carbocycles. The summed E-state index contributed by atoms with van der Waals surface area (Å²) in [6.45, 7) is 2.19. The van der Waals surface area contributed by atoms with Crippen LogP contribution in [0.3, 0.4) is 0 Å². The highest BCUT2D eigenvalue weighted by molar-refractivity contribution is 5.50. The van der Waals surface area contributed by atoms with Crippen molar-refractivity contribution in [2.45, 2.75) is 84.0 Å². The molecule has 0 N–H and O–H groups in total. The van der Waals surface area contributed by atoms with Gasteiger partial charge in [0.1, 0.15) is 6.42 Å². The molecule has 0 saturated heterocycles. The molecule has 0 atom stereocenters. The third-order valence-corrected chi connectivity index (χ3v) is 4.07. The highest BCUT2D eigenvalue weighted by Crippen LogP contribution is 2.15. The van der Waals surface area contributed by atoms with Crippen molar-refractivity contribution in [2.24, 2.45) is 0 Å². The Morgan fingerprint density at radius 2 is 1.48 bits per heavy atom. The number of hydrogen-bond donors (Lipinski definition) is 0. The van der Waals surface area contributed by atoms with Gasteiger partial charge in [-0.15, -0.1) is 0 Å². The molecule has 0 spiro atoms. The van der Waals surface area contributed by atoms with E-state index < -0.39 is 9.85 Å². The van der Waals surface area contributed by atoms with Crippen LogP contribution >= 0.6 is 0 Å². The maximum absolute atomic E-state index is 11.1. The standard InChI is InChI=1S/C20H31N2O5/c1-2-3-4-5-6-7-8-9-10-12-15-19(21(24)25)18-20(22(26)27)16-13-11-14-17-23/h9-10,15-16H,2-8,11-14,18H2,1H3/b10-9+,19-15-,20-16-. The maximum atomic E-state index is 11.1. The fourth-order valence-corrected chi connectivity index (χ4v) is 2.51. The molecule has 0 rings (SSSR count). The fourth-order valence-electron chi connectivity index (χ4n) is 2.51.